The van der Waals surface area contributed by atoms with Crippen molar-refractivity contribution in [2.45, 2.75) is 121 Å². The summed E-state index contributed by atoms with van der Waals surface area (Å²) in [6.45, 7) is 8.78. The molecule has 7 N–H and O–H groups in total. The maximum absolute atomic E-state index is 12.4. The molecule has 0 unspecified atom stereocenters. The molecular weight excluding hydrogens is 540 g/mol. The normalized spacial score (nSPS) is 48.6. The smallest absolute Gasteiger partial charge is 0.393 e. The number of aliphatic hydroxyl groups is 6. The predicted molar refractivity (Wildman–Crippen MR) is 147 cm³/mol. The van der Waals surface area contributed by atoms with E-state index in [4.69, 9.17) is 4.55 Å². The molecule has 0 aromatic rings. The van der Waals surface area contributed by atoms with Gasteiger partial charge in [-0.2, -0.15) is 8.42 Å². The van der Waals surface area contributed by atoms with Crippen LogP contribution in [0.3, 0.4) is 0 Å². The van der Waals surface area contributed by atoms with Gasteiger partial charge in [0.25, 0.3) is 0 Å². The van der Waals surface area contributed by atoms with Gasteiger partial charge in [-0.15, -0.1) is 0 Å². The fraction of sp³-hybridized carbons (Fsp3) is 0.931. The van der Waals surface area contributed by atoms with Crippen LogP contribution in [-0.2, 0) is 14.6 Å². The van der Waals surface area contributed by atoms with Crippen LogP contribution >= 0.6 is 0 Å². The third-order valence-corrected chi connectivity index (χ3v) is 12.4. The molecule has 232 valence electrons. The van der Waals surface area contributed by atoms with Crippen molar-refractivity contribution < 1.29 is 47.8 Å². The van der Waals surface area contributed by atoms with Gasteiger partial charge in [-0.3, -0.25) is 4.55 Å². The van der Waals surface area contributed by atoms with Crippen LogP contribution in [-0.4, -0.2) is 85.3 Å². The van der Waals surface area contributed by atoms with Crippen molar-refractivity contribution in [2.24, 2.45) is 40.4 Å². The van der Waals surface area contributed by atoms with Crippen molar-refractivity contribution in [1.29, 1.82) is 0 Å². The fourth-order valence-electron chi connectivity index (χ4n) is 9.83. The molecule has 40 heavy (non-hydrogen) atoms. The van der Waals surface area contributed by atoms with E-state index < -0.39 is 74.8 Å². The van der Waals surface area contributed by atoms with Gasteiger partial charge in [0.15, 0.2) is 0 Å². The summed E-state index contributed by atoms with van der Waals surface area (Å²) in [4.78, 5) is 0. The molecule has 0 spiro atoms. The molecule has 0 amide bonds. The van der Waals surface area contributed by atoms with Gasteiger partial charge in [0.2, 0.25) is 0 Å². The van der Waals surface area contributed by atoms with Crippen molar-refractivity contribution in [1.82, 2.24) is 0 Å². The zero-order valence-corrected chi connectivity index (χ0v) is 25.2. The summed E-state index contributed by atoms with van der Waals surface area (Å²) in [5.74, 6) is -1.36. The third-order valence-electron chi connectivity index (χ3n) is 11.9. The minimum atomic E-state index is -4.69. The first-order valence-electron chi connectivity index (χ1n) is 14.8. The summed E-state index contributed by atoms with van der Waals surface area (Å²) >= 11 is 0. The maximum atomic E-state index is 12.4. The second-order valence-corrected chi connectivity index (χ2v) is 15.3. The summed E-state index contributed by atoms with van der Waals surface area (Å²) in [5.41, 5.74) is -5.68. The molecule has 0 aliphatic heterocycles. The van der Waals surface area contributed by atoms with Crippen LogP contribution in [0.5, 0.6) is 0 Å². The average Bonchev–Trinajstić information content (AvgIpc) is 3.11. The number of rotatable bonds is 8. The zero-order valence-electron chi connectivity index (χ0n) is 24.4. The van der Waals surface area contributed by atoms with Crippen LogP contribution in [0.4, 0.5) is 0 Å². The molecule has 4 aliphatic rings. The van der Waals surface area contributed by atoms with Crippen molar-refractivity contribution in [2.75, 3.05) is 6.61 Å². The number of aliphatic hydroxyl groups excluding tert-OH is 3. The Balaban J connectivity index is 1.58. The van der Waals surface area contributed by atoms with Gasteiger partial charge in [0.1, 0.15) is 0 Å². The van der Waals surface area contributed by atoms with Crippen molar-refractivity contribution in [3.8, 4) is 0 Å². The molecule has 4 fully saturated rings. The molecule has 0 radical (unpaired) electrons. The van der Waals surface area contributed by atoms with Crippen LogP contribution in [0.15, 0.2) is 12.2 Å². The average molecular weight is 591 g/mol. The molecule has 0 heterocycles. The molecule has 4 rings (SSSR count). The number of fused-ring (bicyclic) bond motifs is 5. The molecule has 10 nitrogen and oxygen atoms in total. The minimum absolute atomic E-state index is 0.0100. The lowest BCUT2D eigenvalue weighted by atomic mass is 9.40. The topological polar surface area (TPSA) is 185 Å². The zero-order chi connectivity index (χ0) is 30.1. The van der Waals surface area contributed by atoms with Crippen molar-refractivity contribution in [3.05, 3.63) is 12.2 Å². The number of allylic oxidation sites excluding steroid dienone is 1. The van der Waals surface area contributed by atoms with Crippen LogP contribution < -0.4 is 0 Å². The summed E-state index contributed by atoms with van der Waals surface area (Å²) in [7, 11) is -4.69. The predicted octanol–water partition coefficient (Wildman–Crippen LogP) is 1.97. The highest BCUT2D eigenvalue weighted by atomic mass is 32.3. The van der Waals surface area contributed by atoms with Gasteiger partial charge < -0.3 is 30.6 Å². The third kappa shape index (κ3) is 5.11. The molecule has 4 aliphatic carbocycles. The second-order valence-electron chi connectivity index (χ2n) is 14.2. The lowest BCUT2D eigenvalue weighted by Gasteiger charge is -2.68. The highest BCUT2D eigenvalue weighted by Crippen LogP contribution is 2.70. The van der Waals surface area contributed by atoms with Crippen LogP contribution in [0.1, 0.15) is 86.0 Å². The molecule has 0 saturated heterocycles. The first kappa shape index (κ1) is 32.3. The Morgan fingerprint density at radius 2 is 1.73 bits per heavy atom. The van der Waals surface area contributed by atoms with Crippen LogP contribution in [0.25, 0.3) is 0 Å². The Kier molecular flexibility index (Phi) is 8.49. The maximum Gasteiger partial charge on any atom is 0.397 e. The highest BCUT2D eigenvalue weighted by Gasteiger charge is 2.74. The lowest BCUT2D eigenvalue weighted by Crippen LogP contribution is -2.75. The summed E-state index contributed by atoms with van der Waals surface area (Å²) in [5, 5.41) is 68.0. The molecule has 0 bridgehead atoms. The first-order chi connectivity index (χ1) is 18.2. The number of hydrogen-bond acceptors (Lipinski definition) is 9. The van der Waals surface area contributed by atoms with Gasteiger partial charge in [-0.25, -0.2) is 4.18 Å². The van der Waals surface area contributed by atoms with E-state index in [0.29, 0.717) is 32.1 Å². The number of hydrogen-bond donors (Lipinski definition) is 7. The van der Waals surface area contributed by atoms with Gasteiger partial charge in [-0.1, -0.05) is 39.8 Å². The largest absolute Gasteiger partial charge is 0.397 e. The molecule has 13 atom stereocenters. The second kappa shape index (κ2) is 10.5. The SMILES string of the molecule is CC[C@H](/C=C/[C@@H](C)[C@H]1C[C@H](O)[C@H]2[C@]1(C)CC[C@H]1[C@@]2(O)C[C@@H](O)[C@@]2(O)C[C@@H](O)CC[C@]12C)[C@@](C)(O)COS(=O)(=O)O. The minimum Gasteiger partial charge on any atom is -0.393 e. The lowest BCUT2D eigenvalue weighted by molar-refractivity contribution is -0.315. The standard InChI is InChI=1S/C29H50O10S/c1-6-18(27(5,33)16-39-40(36,37)38)8-7-17(2)20-13-21(31)24-25(20,3)11-10-22-26(4)12-9-19(30)14-29(26,35)23(32)15-28(22,24)34/h7-8,17-24,30-35H,6,9-16H2,1-5H3,(H,36,37,38)/b8-7+/t17-,18-,19+,20-,21+,22-,23-,24+,25-,26-,27+,28+,29+/m1/s1. The van der Waals surface area contributed by atoms with Gasteiger partial charge >= 0.3 is 10.4 Å². The molecule has 0 aromatic heterocycles. The Labute approximate surface area is 238 Å². The Morgan fingerprint density at radius 1 is 1.07 bits per heavy atom. The highest BCUT2D eigenvalue weighted by molar-refractivity contribution is 7.80. The van der Waals surface area contributed by atoms with Crippen LogP contribution in [0.2, 0.25) is 0 Å². The van der Waals surface area contributed by atoms with E-state index in [0.717, 1.165) is 6.42 Å². The summed E-state index contributed by atoms with van der Waals surface area (Å²) in [6.07, 6.45) is 4.37. The molecule has 11 heteroatoms. The molecular formula is C29H50O10S. The van der Waals surface area contributed by atoms with Gasteiger partial charge in [-0.05, 0) is 68.6 Å². The van der Waals surface area contributed by atoms with Crippen molar-refractivity contribution in [3.63, 3.8) is 0 Å². The first-order valence-corrected chi connectivity index (χ1v) is 16.1. The summed E-state index contributed by atoms with van der Waals surface area (Å²) < 4.78 is 35.4. The van der Waals surface area contributed by atoms with E-state index in [1.165, 1.54) is 6.92 Å². The van der Waals surface area contributed by atoms with Gasteiger partial charge in [0.05, 0.1) is 41.7 Å². The Hall–Kier alpha value is -0.630. The van der Waals surface area contributed by atoms with Crippen molar-refractivity contribution >= 4 is 10.4 Å². The monoisotopic (exact) mass is 590 g/mol. The van der Waals surface area contributed by atoms with E-state index in [2.05, 4.69) is 11.1 Å². The Morgan fingerprint density at radius 3 is 2.33 bits per heavy atom. The van der Waals surface area contributed by atoms with E-state index in [1.807, 2.05) is 32.9 Å². The Bertz CT molecular complexity index is 1080. The van der Waals surface area contributed by atoms with E-state index in [9.17, 15) is 39.1 Å². The molecule has 0 aromatic carbocycles. The van der Waals surface area contributed by atoms with E-state index >= 15 is 0 Å². The summed E-state index contributed by atoms with van der Waals surface area (Å²) in [6, 6.07) is 0. The molecule has 4 saturated carbocycles. The van der Waals surface area contributed by atoms with Crippen LogP contribution in [0, 0.1) is 40.4 Å². The fourth-order valence-corrected chi connectivity index (χ4v) is 10.2. The van der Waals surface area contributed by atoms with E-state index in [-0.39, 0.29) is 30.6 Å². The quantitative estimate of drug-likeness (QED) is 0.163. The van der Waals surface area contributed by atoms with E-state index in [1.54, 1.807) is 0 Å². The van der Waals surface area contributed by atoms with Gasteiger partial charge in [0, 0.05) is 30.1 Å².